The van der Waals surface area contributed by atoms with Gasteiger partial charge in [-0.1, -0.05) is 24.3 Å². The molecule has 0 saturated heterocycles. The number of methoxy groups -OCH3 is 2. The number of nitrogens with one attached hydrogen (secondary N) is 2. The van der Waals surface area contributed by atoms with Gasteiger partial charge in [-0.05, 0) is 59.7 Å². The first kappa shape index (κ1) is 23.6. The predicted octanol–water partition coefficient (Wildman–Crippen LogP) is 4.13. The van der Waals surface area contributed by atoms with E-state index in [4.69, 9.17) is 9.47 Å². The lowest BCUT2D eigenvalue weighted by atomic mass is 10.1. The highest BCUT2D eigenvalue weighted by molar-refractivity contribution is 6.04. The molecule has 8 nitrogen and oxygen atoms in total. The van der Waals surface area contributed by atoms with Crippen LogP contribution in [-0.2, 0) is 13.1 Å². The molecule has 178 valence electrons. The van der Waals surface area contributed by atoms with Crippen LogP contribution in [0.1, 0.15) is 31.8 Å². The van der Waals surface area contributed by atoms with Crippen LogP contribution in [0.15, 0.2) is 85.2 Å². The fourth-order valence-electron chi connectivity index (χ4n) is 3.62. The first-order valence-electron chi connectivity index (χ1n) is 11.0. The summed E-state index contributed by atoms with van der Waals surface area (Å²) in [4.78, 5) is 25.4. The van der Waals surface area contributed by atoms with Gasteiger partial charge in [0.25, 0.3) is 11.8 Å². The number of ether oxygens (including phenoxy) is 2. The monoisotopic (exact) mass is 470 g/mol. The van der Waals surface area contributed by atoms with Crippen LogP contribution in [0.2, 0.25) is 0 Å². The third-order valence-corrected chi connectivity index (χ3v) is 5.38. The average Bonchev–Trinajstić information content (AvgIpc) is 3.40. The summed E-state index contributed by atoms with van der Waals surface area (Å²) in [6, 6.07) is 21.6. The Morgan fingerprint density at radius 1 is 0.829 bits per heavy atom. The van der Waals surface area contributed by atoms with Gasteiger partial charge < -0.3 is 20.1 Å². The second-order valence-corrected chi connectivity index (χ2v) is 7.81. The molecule has 0 bridgehead atoms. The minimum Gasteiger partial charge on any atom is -0.493 e. The number of carbonyl (C=O) groups is 2. The molecule has 1 aromatic heterocycles. The van der Waals surface area contributed by atoms with Gasteiger partial charge in [-0.25, -0.2) is 0 Å². The first-order valence-corrected chi connectivity index (χ1v) is 11.0. The summed E-state index contributed by atoms with van der Waals surface area (Å²) in [5.41, 5.74) is 3.48. The van der Waals surface area contributed by atoms with E-state index in [0.29, 0.717) is 34.9 Å². The van der Waals surface area contributed by atoms with E-state index in [-0.39, 0.29) is 18.4 Å². The van der Waals surface area contributed by atoms with Gasteiger partial charge in [-0.15, -0.1) is 0 Å². The SMILES string of the molecule is COc1ccc(C(=O)NCc2cccc(C(=O)Nc3cccc(Cn4cccn4)c3)c2)cc1OC. The Hall–Kier alpha value is -4.59. The summed E-state index contributed by atoms with van der Waals surface area (Å²) in [7, 11) is 3.06. The molecular formula is C27H26N4O4. The molecule has 2 N–H and O–H groups in total. The largest absolute Gasteiger partial charge is 0.493 e. The van der Waals surface area contributed by atoms with Crippen molar-refractivity contribution in [3.8, 4) is 11.5 Å². The third-order valence-electron chi connectivity index (χ3n) is 5.38. The lowest BCUT2D eigenvalue weighted by Gasteiger charge is -2.11. The molecule has 8 heteroatoms. The minimum atomic E-state index is -0.255. The lowest BCUT2D eigenvalue weighted by Crippen LogP contribution is -2.23. The molecule has 0 aliphatic rings. The molecule has 35 heavy (non-hydrogen) atoms. The van der Waals surface area contributed by atoms with Gasteiger partial charge in [-0.3, -0.25) is 14.3 Å². The molecule has 0 fully saturated rings. The third kappa shape index (κ3) is 6.05. The summed E-state index contributed by atoms with van der Waals surface area (Å²) in [6.45, 7) is 0.889. The van der Waals surface area contributed by atoms with Crippen LogP contribution < -0.4 is 20.1 Å². The minimum absolute atomic E-state index is 0.227. The highest BCUT2D eigenvalue weighted by Crippen LogP contribution is 2.27. The highest BCUT2D eigenvalue weighted by atomic mass is 16.5. The number of carbonyl (C=O) groups excluding carboxylic acids is 2. The number of aromatic nitrogens is 2. The Bertz CT molecular complexity index is 1320. The van der Waals surface area contributed by atoms with E-state index in [9.17, 15) is 9.59 Å². The van der Waals surface area contributed by atoms with Crippen molar-refractivity contribution < 1.29 is 19.1 Å². The van der Waals surface area contributed by atoms with Crippen molar-refractivity contribution in [2.75, 3.05) is 19.5 Å². The van der Waals surface area contributed by atoms with E-state index in [1.54, 1.807) is 49.7 Å². The molecule has 0 atom stereocenters. The van der Waals surface area contributed by atoms with E-state index in [2.05, 4.69) is 15.7 Å². The van der Waals surface area contributed by atoms with Crippen molar-refractivity contribution >= 4 is 17.5 Å². The van der Waals surface area contributed by atoms with Crippen molar-refractivity contribution in [1.29, 1.82) is 0 Å². The summed E-state index contributed by atoms with van der Waals surface area (Å²) < 4.78 is 12.3. The second kappa shape index (κ2) is 11.0. The Morgan fingerprint density at radius 3 is 2.37 bits per heavy atom. The number of amides is 2. The van der Waals surface area contributed by atoms with E-state index in [1.165, 1.54) is 7.11 Å². The van der Waals surface area contributed by atoms with Crippen molar-refractivity contribution in [1.82, 2.24) is 15.1 Å². The van der Waals surface area contributed by atoms with Gasteiger partial charge in [0.15, 0.2) is 11.5 Å². The van der Waals surface area contributed by atoms with E-state index >= 15 is 0 Å². The molecule has 0 spiro atoms. The smallest absolute Gasteiger partial charge is 0.255 e. The Morgan fingerprint density at radius 2 is 1.60 bits per heavy atom. The molecular weight excluding hydrogens is 444 g/mol. The van der Waals surface area contributed by atoms with E-state index < -0.39 is 0 Å². The van der Waals surface area contributed by atoms with Crippen LogP contribution in [0.5, 0.6) is 11.5 Å². The Labute approximate surface area is 203 Å². The first-order chi connectivity index (χ1) is 17.1. The molecule has 2 amide bonds. The van der Waals surface area contributed by atoms with Gasteiger partial charge in [0, 0.05) is 35.8 Å². The summed E-state index contributed by atoms with van der Waals surface area (Å²) >= 11 is 0. The molecule has 4 aromatic rings. The van der Waals surface area contributed by atoms with Gasteiger partial charge in [0.05, 0.1) is 20.8 Å². The molecule has 0 radical (unpaired) electrons. The maximum Gasteiger partial charge on any atom is 0.255 e. The quantitative estimate of drug-likeness (QED) is 0.384. The number of rotatable bonds is 9. The fraction of sp³-hybridized carbons (Fsp3) is 0.148. The van der Waals surface area contributed by atoms with Gasteiger partial charge >= 0.3 is 0 Å². The zero-order valence-corrected chi connectivity index (χ0v) is 19.5. The van der Waals surface area contributed by atoms with Crippen LogP contribution in [0, 0.1) is 0 Å². The summed E-state index contributed by atoms with van der Waals surface area (Å²) in [5, 5.41) is 10.0. The number of hydrogen-bond donors (Lipinski definition) is 2. The zero-order valence-electron chi connectivity index (χ0n) is 19.5. The molecule has 0 unspecified atom stereocenters. The Kier molecular flexibility index (Phi) is 7.42. The van der Waals surface area contributed by atoms with Crippen LogP contribution in [0.4, 0.5) is 5.69 Å². The van der Waals surface area contributed by atoms with Gasteiger partial charge in [0.1, 0.15) is 0 Å². The predicted molar refractivity (Wildman–Crippen MR) is 133 cm³/mol. The van der Waals surface area contributed by atoms with Crippen molar-refractivity contribution in [2.24, 2.45) is 0 Å². The van der Waals surface area contributed by atoms with Crippen LogP contribution in [0.25, 0.3) is 0 Å². The maximum atomic E-state index is 12.8. The number of anilines is 1. The van der Waals surface area contributed by atoms with Gasteiger partial charge in [0.2, 0.25) is 0 Å². The van der Waals surface area contributed by atoms with Crippen molar-refractivity contribution in [2.45, 2.75) is 13.1 Å². The molecule has 1 heterocycles. The fourth-order valence-corrected chi connectivity index (χ4v) is 3.62. The normalized spacial score (nSPS) is 10.5. The number of hydrogen-bond acceptors (Lipinski definition) is 5. The van der Waals surface area contributed by atoms with Crippen LogP contribution >= 0.6 is 0 Å². The summed E-state index contributed by atoms with van der Waals surface area (Å²) in [6.07, 6.45) is 3.62. The highest BCUT2D eigenvalue weighted by Gasteiger charge is 2.12. The molecule has 3 aromatic carbocycles. The van der Waals surface area contributed by atoms with Crippen LogP contribution in [-0.4, -0.2) is 35.8 Å². The lowest BCUT2D eigenvalue weighted by molar-refractivity contribution is 0.0950. The Balaban J connectivity index is 1.38. The van der Waals surface area contributed by atoms with E-state index in [1.807, 2.05) is 47.3 Å². The topological polar surface area (TPSA) is 94.5 Å². The van der Waals surface area contributed by atoms with Crippen molar-refractivity contribution in [3.63, 3.8) is 0 Å². The number of nitrogens with zero attached hydrogens (tertiary/aromatic N) is 2. The summed E-state index contributed by atoms with van der Waals surface area (Å²) in [5.74, 6) is 0.548. The van der Waals surface area contributed by atoms with E-state index in [0.717, 1.165) is 11.1 Å². The van der Waals surface area contributed by atoms with Crippen LogP contribution in [0.3, 0.4) is 0 Å². The average molecular weight is 471 g/mol. The standard InChI is InChI=1S/C27H26N4O4/c1-34-24-11-10-22(16-25(24)35-2)26(32)28-17-19-6-3-8-21(14-19)27(33)30-23-9-4-7-20(15-23)18-31-13-5-12-29-31/h3-16H,17-18H2,1-2H3,(H,28,32)(H,30,33). The molecule has 0 saturated carbocycles. The molecule has 4 rings (SSSR count). The zero-order chi connectivity index (χ0) is 24.6. The maximum absolute atomic E-state index is 12.8. The second-order valence-electron chi connectivity index (χ2n) is 7.81. The van der Waals surface area contributed by atoms with Crippen molar-refractivity contribution in [3.05, 3.63) is 107 Å². The molecule has 0 aliphatic heterocycles. The van der Waals surface area contributed by atoms with Gasteiger partial charge in [-0.2, -0.15) is 5.10 Å². The molecule has 0 aliphatic carbocycles. The number of benzene rings is 3.